The third-order valence-corrected chi connectivity index (χ3v) is 6.95. The molecule has 4 aliphatic rings. The van der Waals surface area contributed by atoms with Gasteiger partial charge in [-0.3, -0.25) is 9.59 Å². The molecule has 33 heavy (non-hydrogen) atoms. The van der Waals surface area contributed by atoms with Crippen LogP contribution in [0.1, 0.15) is 64.7 Å². The number of nitrogens with one attached hydrogen (secondary N) is 2. The number of hydrogen-bond acceptors (Lipinski definition) is 8. The first-order valence-electron chi connectivity index (χ1n) is 12.4. The predicted molar refractivity (Wildman–Crippen MR) is 119 cm³/mol. The second-order valence-electron chi connectivity index (χ2n) is 9.48. The zero-order chi connectivity index (χ0) is 23.2. The molecule has 0 bridgehead atoms. The predicted octanol–water partition coefficient (Wildman–Crippen LogP) is 1.93. The third kappa shape index (κ3) is 6.44. The number of amides is 2. The number of ketones is 1. The Bertz CT molecular complexity index is 743. The molecule has 0 aromatic rings. The maximum Gasteiger partial charge on any atom is 0.408 e. The average molecular weight is 465 g/mol. The summed E-state index contributed by atoms with van der Waals surface area (Å²) in [5.74, 6) is 0.172. The molecule has 2 heterocycles. The van der Waals surface area contributed by atoms with Crippen molar-refractivity contribution in [1.29, 1.82) is 0 Å². The van der Waals surface area contributed by atoms with Crippen LogP contribution in [-0.4, -0.2) is 73.2 Å². The number of ether oxygens (including phenoxy) is 2. The Labute approximate surface area is 194 Å². The number of hydroxylamine groups is 1. The summed E-state index contributed by atoms with van der Waals surface area (Å²) in [7, 11) is 0. The number of alkyl carbamates (subject to hydrolysis) is 1. The van der Waals surface area contributed by atoms with Gasteiger partial charge in [0, 0.05) is 13.1 Å². The lowest BCUT2D eigenvalue weighted by molar-refractivity contribution is -0.145. The fourth-order valence-electron chi connectivity index (χ4n) is 4.74. The fourth-order valence-corrected chi connectivity index (χ4v) is 4.74. The number of carbonyl (C=O) groups is 3. The van der Waals surface area contributed by atoms with E-state index in [1.165, 1.54) is 6.42 Å². The van der Waals surface area contributed by atoms with Crippen molar-refractivity contribution in [2.75, 3.05) is 26.3 Å². The van der Waals surface area contributed by atoms with E-state index in [9.17, 15) is 14.4 Å². The number of morpholine rings is 1. The van der Waals surface area contributed by atoms with Crippen molar-refractivity contribution in [2.24, 2.45) is 16.8 Å². The maximum absolute atomic E-state index is 13.2. The zero-order valence-corrected chi connectivity index (χ0v) is 19.4. The molecule has 10 nitrogen and oxygen atoms in total. The van der Waals surface area contributed by atoms with Gasteiger partial charge in [-0.2, -0.15) is 0 Å². The van der Waals surface area contributed by atoms with Crippen LogP contribution in [0.15, 0.2) is 4.99 Å². The Hall–Kier alpha value is -2.20. The molecule has 0 radical (unpaired) electrons. The minimum Gasteiger partial charge on any atom is -0.436 e. The van der Waals surface area contributed by atoms with E-state index in [4.69, 9.17) is 14.3 Å². The van der Waals surface area contributed by atoms with E-state index in [1.807, 2.05) is 0 Å². The molecule has 3 fully saturated rings. The lowest BCUT2D eigenvalue weighted by Gasteiger charge is -2.32. The Kier molecular flexibility index (Phi) is 8.19. The largest absolute Gasteiger partial charge is 0.436 e. The fraction of sp³-hybridized carbons (Fsp3) is 0.826. The summed E-state index contributed by atoms with van der Waals surface area (Å²) in [6.07, 6.45) is 6.75. The molecule has 1 unspecified atom stereocenters. The van der Waals surface area contributed by atoms with E-state index in [0.29, 0.717) is 51.0 Å². The molecule has 184 valence electrons. The molecule has 2 amide bonds. The summed E-state index contributed by atoms with van der Waals surface area (Å²) in [6.45, 7) is 3.75. The SMILES string of the molecule is CC[C@H](NC(=O)O[C@@H](CC1CCCCC1)C(=O)N1CCOCC1)C(=O)C1=NC(C2CC2)NO1. The molecule has 1 saturated heterocycles. The highest BCUT2D eigenvalue weighted by molar-refractivity contribution is 6.38. The first-order chi connectivity index (χ1) is 16.0. The quantitative estimate of drug-likeness (QED) is 0.535. The van der Waals surface area contributed by atoms with Crippen LogP contribution in [0.4, 0.5) is 4.79 Å². The number of aliphatic imine (C=N–C) groups is 1. The minimum atomic E-state index is -0.861. The summed E-state index contributed by atoms with van der Waals surface area (Å²) in [5.41, 5.74) is 2.78. The van der Waals surface area contributed by atoms with Crippen molar-refractivity contribution in [3.8, 4) is 0 Å². The van der Waals surface area contributed by atoms with Gasteiger partial charge in [-0.25, -0.2) is 9.79 Å². The van der Waals surface area contributed by atoms with Crippen molar-refractivity contribution in [1.82, 2.24) is 15.7 Å². The van der Waals surface area contributed by atoms with Crippen molar-refractivity contribution >= 4 is 23.7 Å². The van der Waals surface area contributed by atoms with Gasteiger partial charge < -0.3 is 24.5 Å². The number of rotatable bonds is 9. The summed E-state index contributed by atoms with van der Waals surface area (Å²) in [4.78, 5) is 50.1. The van der Waals surface area contributed by atoms with Gasteiger partial charge in [0.15, 0.2) is 6.10 Å². The van der Waals surface area contributed by atoms with Crippen LogP contribution in [0, 0.1) is 11.8 Å². The molecule has 3 atom stereocenters. The van der Waals surface area contributed by atoms with Gasteiger partial charge in [0.25, 0.3) is 11.8 Å². The standard InChI is InChI=1S/C23H36N4O6/c1-2-17(19(28)21-25-20(26-33-21)16-8-9-16)24-23(30)32-18(14-15-6-4-3-5-7-15)22(29)27-10-12-31-13-11-27/h15-18,20,26H,2-14H2,1H3,(H,24,30)/t17-,18-,20?/m0/s1. The molecule has 2 aliphatic heterocycles. The van der Waals surface area contributed by atoms with Gasteiger partial charge in [-0.15, -0.1) is 5.48 Å². The van der Waals surface area contributed by atoms with E-state index >= 15 is 0 Å². The van der Waals surface area contributed by atoms with Gasteiger partial charge >= 0.3 is 6.09 Å². The Morgan fingerprint density at radius 2 is 1.88 bits per heavy atom. The minimum absolute atomic E-state index is 0.0119. The van der Waals surface area contributed by atoms with Crippen LogP contribution in [0.5, 0.6) is 0 Å². The molecule has 2 saturated carbocycles. The van der Waals surface area contributed by atoms with Crippen molar-refractivity contribution in [3.05, 3.63) is 0 Å². The maximum atomic E-state index is 13.2. The Balaban J connectivity index is 1.36. The average Bonchev–Trinajstić information content (AvgIpc) is 3.58. The van der Waals surface area contributed by atoms with Gasteiger partial charge in [-0.1, -0.05) is 39.0 Å². The molecule has 0 aromatic heterocycles. The van der Waals surface area contributed by atoms with Crippen LogP contribution in [0.2, 0.25) is 0 Å². The van der Waals surface area contributed by atoms with Gasteiger partial charge in [0.05, 0.1) is 13.2 Å². The molecule has 4 rings (SSSR count). The van der Waals surface area contributed by atoms with E-state index in [-0.39, 0.29) is 18.0 Å². The second-order valence-corrected chi connectivity index (χ2v) is 9.48. The highest BCUT2D eigenvalue weighted by Crippen LogP contribution is 2.34. The molecule has 2 aliphatic carbocycles. The smallest absolute Gasteiger partial charge is 0.408 e. The van der Waals surface area contributed by atoms with E-state index in [2.05, 4.69) is 15.8 Å². The Morgan fingerprint density at radius 3 is 2.55 bits per heavy atom. The molecular formula is C23H36N4O6. The zero-order valence-electron chi connectivity index (χ0n) is 19.4. The number of carbonyl (C=O) groups excluding carboxylic acids is 3. The summed E-state index contributed by atoms with van der Waals surface area (Å²) < 4.78 is 11.0. The third-order valence-electron chi connectivity index (χ3n) is 6.95. The highest BCUT2D eigenvalue weighted by atomic mass is 16.7. The number of hydrogen-bond donors (Lipinski definition) is 2. The molecule has 0 aromatic carbocycles. The van der Waals surface area contributed by atoms with E-state index < -0.39 is 24.0 Å². The van der Waals surface area contributed by atoms with Crippen LogP contribution in [0.3, 0.4) is 0 Å². The van der Waals surface area contributed by atoms with E-state index in [1.54, 1.807) is 11.8 Å². The summed E-state index contributed by atoms with van der Waals surface area (Å²) in [6, 6.07) is -0.829. The van der Waals surface area contributed by atoms with Crippen LogP contribution in [-0.2, 0) is 23.9 Å². The topological polar surface area (TPSA) is 119 Å². The van der Waals surface area contributed by atoms with Crippen molar-refractivity contribution in [2.45, 2.75) is 83.0 Å². The van der Waals surface area contributed by atoms with E-state index in [0.717, 1.165) is 38.5 Å². The van der Waals surface area contributed by atoms with Gasteiger partial charge in [0.2, 0.25) is 5.78 Å². The lowest BCUT2D eigenvalue weighted by Crippen LogP contribution is -2.50. The summed E-state index contributed by atoms with van der Waals surface area (Å²) >= 11 is 0. The Morgan fingerprint density at radius 1 is 1.15 bits per heavy atom. The van der Waals surface area contributed by atoms with Gasteiger partial charge in [0.1, 0.15) is 12.2 Å². The highest BCUT2D eigenvalue weighted by Gasteiger charge is 2.39. The van der Waals surface area contributed by atoms with Crippen molar-refractivity contribution < 1.29 is 28.7 Å². The van der Waals surface area contributed by atoms with Gasteiger partial charge in [-0.05, 0) is 37.5 Å². The first-order valence-corrected chi connectivity index (χ1v) is 12.4. The van der Waals surface area contributed by atoms with Crippen molar-refractivity contribution in [3.63, 3.8) is 0 Å². The number of Topliss-reactive ketones (excluding diaryl/α,β-unsaturated/α-hetero) is 1. The monoisotopic (exact) mass is 464 g/mol. The first kappa shape index (κ1) is 23.9. The van der Waals surface area contributed by atoms with Crippen LogP contribution >= 0.6 is 0 Å². The summed E-state index contributed by atoms with van der Waals surface area (Å²) in [5, 5.41) is 2.63. The molecule has 2 N–H and O–H groups in total. The molecule has 0 spiro atoms. The molecular weight excluding hydrogens is 428 g/mol. The molecule has 10 heteroatoms. The van der Waals surface area contributed by atoms with Crippen LogP contribution < -0.4 is 10.8 Å². The second kappa shape index (κ2) is 11.3. The normalized spacial score (nSPS) is 25.5. The van der Waals surface area contributed by atoms with Crippen LogP contribution in [0.25, 0.3) is 0 Å². The lowest BCUT2D eigenvalue weighted by atomic mass is 9.85. The number of nitrogens with zero attached hydrogens (tertiary/aromatic N) is 2.